The maximum Gasteiger partial charge on any atom is 0.223 e. The highest BCUT2D eigenvalue weighted by molar-refractivity contribution is 6.35. The number of hydrogen-bond acceptors (Lipinski definition) is 2. The minimum absolute atomic E-state index is 0.0932. The van der Waals surface area contributed by atoms with Crippen LogP contribution in [-0.4, -0.2) is 34.7 Å². The van der Waals surface area contributed by atoms with E-state index in [-0.39, 0.29) is 5.91 Å². The summed E-state index contributed by atoms with van der Waals surface area (Å²) in [6, 6.07) is 5.67. The number of carbonyl (C=O) groups is 1. The zero-order valence-corrected chi connectivity index (χ0v) is 10.6. The largest absolute Gasteiger partial charge is 0.349 e. The number of hydrogen-bond donors (Lipinski definition) is 0. The van der Waals surface area contributed by atoms with Crippen LogP contribution in [0.1, 0.15) is 6.42 Å². The maximum absolute atomic E-state index is 11.5. The van der Waals surface area contributed by atoms with E-state index in [0.717, 1.165) is 10.9 Å². The molecule has 0 saturated carbocycles. The third-order valence-corrected chi connectivity index (χ3v) is 3.00. The lowest BCUT2D eigenvalue weighted by Crippen LogP contribution is -2.23. The van der Waals surface area contributed by atoms with Crippen LogP contribution in [0.2, 0.25) is 5.02 Å². The lowest BCUT2D eigenvalue weighted by molar-refractivity contribution is -0.128. The Morgan fingerprint density at radius 1 is 1.47 bits per heavy atom. The van der Waals surface area contributed by atoms with E-state index >= 15 is 0 Å². The van der Waals surface area contributed by atoms with E-state index in [9.17, 15) is 4.79 Å². The fourth-order valence-corrected chi connectivity index (χ4v) is 1.89. The fourth-order valence-electron chi connectivity index (χ4n) is 1.67. The molecule has 2 aromatic rings. The van der Waals surface area contributed by atoms with Crippen LogP contribution in [0.4, 0.5) is 0 Å². The van der Waals surface area contributed by atoms with Crippen molar-refractivity contribution in [3.05, 3.63) is 29.4 Å². The number of nitrogens with zero attached hydrogens (tertiary/aromatic N) is 3. The van der Waals surface area contributed by atoms with E-state index in [1.165, 1.54) is 0 Å². The summed E-state index contributed by atoms with van der Waals surface area (Å²) in [7, 11) is 3.50. The molecule has 0 N–H and O–H groups in total. The Bertz CT molecular complexity index is 548. The molecular weight excluding hydrogens is 238 g/mol. The van der Waals surface area contributed by atoms with Gasteiger partial charge in [-0.05, 0) is 12.1 Å². The quantitative estimate of drug-likeness (QED) is 0.839. The highest BCUT2D eigenvalue weighted by Crippen LogP contribution is 2.22. The van der Waals surface area contributed by atoms with Crippen LogP contribution in [0.25, 0.3) is 10.9 Å². The van der Waals surface area contributed by atoms with Gasteiger partial charge < -0.3 is 4.90 Å². The molecule has 0 aliphatic rings. The van der Waals surface area contributed by atoms with Gasteiger partial charge in [-0.15, -0.1) is 0 Å². The molecule has 0 aliphatic carbocycles. The van der Waals surface area contributed by atoms with Crippen molar-refractivity contribution in [2.24, 2.45) is 0 Å². The van der Waals surface area contributed by atoms with Gasteiger partial charge in [-0.25, -0.2) is 0 Å². The number of fused-ring (bicyclic) bond motifs is 1. The summed E-state index contributed by atoms with van der Waals surface area (Å²) in [4.78, 5) is 13.1. The van der Waals surface area contributed by atoms with Crippen LogP contribution in [0.5, 0.6) is 0 Å². The lowest BCUT2D eigenvalue weighted by Gasteiger charge is -2.10. The summed E-state index contributed by atoms with van der Waals surface area (Å²) >= 11 is 6.06. The van der Waals surface area contributed by atoms with Crippen molar-refractivity contribution in [3.63, 3.8) is 0 Å². The molecule has 1 aromatic heterocycles. The second-order valence-corrected chi connectivity index (χ2v) is 4.49. The van der Waals surface area contributed by atoms with Crippen molar-refractivity contribution in [2.75, 3.05) is 14.1 Å². The van der Waals surface area contributed by atoms with Crippen molar-refractivity contribution in [2.45, 2.75) is 13.0 Å². The van der Waals surface area contributed by atoms with Crippen molar-refractivity contribution in [3.8, 4) is 0 Å². The summed E-state index contributed by atoms with van der Waals surface area (Å²) in [5, 5.41) is 5.86. The Hall–Kier alpha value is -1.55. The zero-order valence-electron chi connectivity index (χ0n) is 9.85. The van der Waals surface area contributed by atoms with Crippen LogP contribution in [0.3, 0.4) is 0 Å². The second kappa shape index (κ2) is 4.75. The first-order valence-electron chi connectivity index (χ1n) is 5.40. The molecule has 0 atom stereocenters. The van der Waals surface area contributed by atoms with Gasteiger partial charge >= 0.3 is 0 Å². The number of benzene rings is 1. The molecule has 1 aromatic carbocycles. The summed E-state index contributed by atoms with van der Waals surface area (Å²) < 4.78 is 1.81. The number of aryl methyl sites for hydroxylation is 1. The standard InChI is InChI=1S/C12H14ClN3O/c1-15(2)12(17)6-7-16-11-5-3-4-10(13)9(11)8-14-16/h3-5,8H,6-7H2,1-2H3. The molecule has 5 heteroatoms. The first-order valence-corrected chi connectivity index (χ1v) is 5.77. The van der Waals surface area contributed by atoms with Crippen molar-refractivity contribution < 1.29 is 4.79 Å². The molecule has 0 spiro atoms. The second-order valence-electron chi connectivity index (χ2n) is 4.08. The molecule has 0 bridgehead atoms. The van der Waals surface area contributed by atoms with Crippen LogP contribution in [-0.2, 0) is 11.3 Å². The van der Waals surface area contributed by atoms with Gasteiger partial charge in [0.15, 0.2) is 0 Å². The van der Waals surface area contributed by atoms with Gasteiger partial charge in [0.05, 0.1) is 23.3 Å². The number of rotatable bonds is 3. The summed E-state index contributed by atoms with van der Waals surface area (Å²) in [5.41, 5.74) is 0.962. The fraction of sp³-hybridized carbons (Fsp3) is 0.333. The number of amides is 1. The Kier molecular flexibility index (Phi) is 3.33. The van der Waals surface area contributed by atoms with E-state index in [2.05, 4.69) is 5.10 Å². The smallest absolute Gasteiger partial charge is 0.223 e. The average Bonchev–Trinajstić information content (AvgIpc) is 2.70. The molecule has 1 heterocycles. The van der Waals surface area contributed by atoms with Gasteiger partial charge in [0.2, 0.25) is 5.91 Å². The molecular formula is C12H14ClN3O. The Balaban J connectivity index is 2.20. The molecule has 1 amide bonds. The van der Waals surface area contributed by atoms with Crippen LogP contribution >= 0.6 is 11.6 Å². The molecule has 0 fully saturated rings. The van der Waals surface area contributed by atoms with Gasteiger partial charge in [-0.1, -0.05) is 17.7 Å². The monoisotopic (exact) mass is 251 g/mol. The van der Waals surface area contributed by atoms with Crippen LogP contribution in [0, 0.1) is 0 Å². The van der Waals surface area contributed by atoms with Crippen LogP contribution < -0.4 is 0 Å². The topological polar surface area (TPSA) is 38.1 Å². The first-order chi connectivity index (χ1) is 8.09. The summed E-state index contributed by atoms with van der Waals surface area (Å²) in [5.74, 6) is 0.0932. The normalized spacial score (nSPS) is 10.8. The third-order valence-electron chi connectivity index (χ3n) is 2.67. The molecule has 4 nitrogen and oxygen atoms in total. The maximum atomic E-state index is 11.5. The number of carbonyl (C=O) groups excluding carboxylic acids is 1. The van der Waals surface area contributed by atoms with Crippen molar-refractivity contribution in [1.29, 1.82) is 0 Å². The molecule has 0 unspecified atom stereocenters. The van der Waals surface area contributed by atoms with E-state index in [1.807, 2.05) is 22.9 Å². The van der Waals surface area contributed by atoms with E-state index in [0.29, 0.717) is 18.0 Å². The summed E-state index contributed by atoms with van der Waals surface area (Å²) in [6.45, 7) is 0.570. The summed E-state index contributed by atoms with van der Waals surface area (Å²) in [6.07, 6.45) is 2.17. The van der Waals surface area contributed by atoms with Gasteiger partial charge in [-0.2, -0.15) is 5.10 Å². The molecule has 0 aliphatic heterocycles. The van der Waals surface area contributed by atoms with Gasteiger partial charge in [-0.3, -0.25) is 9.48 Å². The average molecular weight is 252 g/mol. The van der Waals surface area contributed by atoms with Crippen molar-refractivity contribution in [1.82, 2.24) is 14.7 Å². The predicted molar refractivity (Wildman–Crippen MR) is 68.1 cm³/mol. The van der Waals surface area contributed by atoms with Gasteiger partial charge in [0, 0.05) is 25.9 Å². The van der Waals surface area contributed by atoms with Crippen molar-refractivity contribution >= 4 is 28.4 Å². The molecule has 2 rings (SSSR count). The van der Waals surface area contributed by atoms with Gasteiger partial charge in [0.1, 0.15) is 0 Å². The minimum atomic E-state index is 0.0932. The highest BCUT2D eigenvalue weighted by Gasteiger charge is 2.08. The Labute approximate surface area is 105 Å². The minimum Gasteiger partial charge on any atom is -0.349 e. The number of aromatic nitrogens is 2. The molecule has 90 valence electrons. The third kappa shape index (κ3) is 2.42. The Morgan fingerprint density at radius 2 is 2.24 bits per heavy atom. The van der Waals surface area contributed by atoms with E-state index in [4.69, 9.17) is 11.6 Å². The lowest BCUT2D eigenvalue weighted by atomic mass is 10.2. The number of halogens is 1. The Morgan fingerprint density at radius 3 is 2.94 bits per heavy atom. The highest BCUT2D eigenvalue weighted by atomic mass is 35.5. The van der Waals surface area contributed by atoms with Crippen LogP contribution in [0.15, 0.2) is 24.4 Å². The SMILES string of the molecule is CN(C)C(=O)CCn1ncc2c(Cl)cccc21. The first kappa shape index (κ1) is 11.9. The predicted octanol–water partition coefficient (Wildman–Crippen LogP) is 2.17. The molecule has 17 heavy (non-hydrogen) atoms. The zero-order chi connectivity index (χ0) is 12.4. The van der Waals surface area contributed by atoms with E-state index < -0.39 is 0 Å². The molecule has 0 radical (unpaired) electrons. The van der Waals surface area contributed by atoms with Gasteiger partial charge in [0.25, 0.3) is 0 Å². The van der Waals surface area contributed by atoms with E-state index in [1.54, 1.807) is 25.2 Å². The molecule has 0 saturated heterocycles.